The summed E-state index contributed by atoms with van der Waals surface area (Å²) in [6, 6.07) is -17.3. The lowest BCUT2D eigenvalue weighted by molar-refractivity contribution is 0.645. The Kier molecular flexibility index (Phi) is 2.18. The Balaban J connectivity index is 1.34. The maximum absolute atomic E-state index is 9.72. The Bertz CT molecular complexity index is 3990. The van der Waals surface area contributed by atoms with E-state index in [-0.39, 0.29) is 60.0 Å². The Labute approximate surface area is 296 Å². The summed E-state index contributed by atoms with van der Waals surface area (Å²) in [5.41, 5.74) is -4.63. The first-order chi connectivity index (χ1) is 32.1. The maximum atomic E-state index is 9.72. The highest BCUT2D eigenvalue weighted by Crippen LogP contribution is 2.49. The van der Waals surface area contributed by atoms with Crippen molar-refractivity contribution in [2.45, 2.75) is 19.3 Å². The molecule has 0 nitrogen and oxygen atoms in total. The zero-order valence-corrected chi connectivity index (χ0v) is 23.5. The van der Waals surface area contributed by atoms with Crippen LogP contribution in [-0.4, -0.2) is 0 Å². The van der Waals surface area contributed by atoms with Crippen LogP contribution in [0, 0.1) is 0 Å². The molecule has 0 aliphatic heterocycles. The highest BCUT2D eigenvalue weighted by atomic mass is 14.4. The number of benzene rings is 9. The lowest BCUT2D eigenvalue weighted by Crippen LogP contribution is -2.23. The molecular weight excluding hydrogens is 540 g/mol. The van der Waals surface area contributed by atoms with Gasteiger partial charge in [0, 0.05) is 5.41 Å². The molecule has 0 N–H and O–H groups in total. The molecule has 1 aliphatic carbocycles. The molecular formula is C45H30. The van der Waals surface area contributed by atoms with Crippen molar-refractivity contribution in [1.29, 1.82) is 0 Å². The normalized spacial score (nSPS) is 21.2. The highest BCUT2D eigenvalue weighted by Gasteiger charge is 2.33. The van der Waals surface area contributed by atoms with Crippen LogP contribution in [0.2, 0.25) is 0 Å². The Hall–Kier alpha value is -5.46. The summed E-state index contributed by atoms with van der Waals surface area (Å²) >= 11 is 0. The van der Waals surface area contributed by atoms with Gasteiger partial charge in [-0.05, 0) is 116 Å². The molecule has 0 atom stereocenters. The van der Waals surface area contributed by atoms with Crippen molar-refractivity contribution >= 4 is 53.9 Å². The van der Waals surface area contributed by atoms with Crippen LogP contribution in [0.25, 0.3) is 87.2 Å². The molecule has 10 rings (SSSR count). The minimum atomic E-state index is -1.52. The number of rotatable bonds is 2. The van der Waals surface area contributed by atoms with E-state index in [0.717, 1.165) is 0 Å². The monoisotopic (exact) mass is 594 g/mol. The van der Waals surface area contributed by atoms with Gasteiger partial charge in [0.2, 0.25) is 0 Å². The minimum Gasteiger partial charge on any atom is -0.0613 e. The van der Waals surface area contributed by atoms with Gasteiger partial charge in [-0.15, -0.1) is 0 Å². The van der Waals surface area contributed by atoms with Crippen LogP contribution >= 0.6 is 0 Å². The Morgan fingerprint density at radius 1 is 0.378 bits per heavy atom. The van der Waals surface area contributed by atoms with Crippen LogP contribution in [0.15, 0.2) is 145 Å². The van der Waals surface area contributed by atoms with E-state index in [9.17, 15) is 15.1 Å². The van der Waals surface area contributed by atoms with E-state index in [1.807, 2.05) is 0 Å². The van der Waals surface area contributed by atoms with Crippen LogP contribution in [0.5, 0.6) is 0 Å². The molecule has 45 heavy (non-hydrogen) atoms. The Morgan fingerprint density at radius 3 is 1.73 bits per heavy atom. The molecule has 0 amide bonds. The Morgan fingerprint density at radius 2 is 0.933 bits per heavy atom. The summed E-state index contributed by atoms with van der Waals surface area (Å²) in [6.07, 6.45) is 0. The summed E-state index contributed by atoms with van der Waals surface area (Å²) in [5, 5.41) is -3.54. The van der Waals surface area contributed by atoms with Crippen molar-refractivity contribution in [2.75, 3.05) is 0 Å². The van der Waals surface area contributed by atoms with Crippen LogP contribution in [-0.2, 0) is 5.41 Å². The summed E-state index contributed by atoms with van der Waals surface area (Å²) in [5.74, 6) is 0. The maximum Gasteiger partial charge on any atom is 0.0636 e. The molecule has 0 fully saturated rings. The number of fused-ring (bicyclic) bond motifs is 3. The van der Waals surface area contributed by atoms with Crippen molar-refractivity contribution < 1.29 is 32.9 Å². The first kappa shape index (κ1) is 11.2. The fourth-order valence-electron chi connectivity index (χ4n) is 6.31. The molecule has 210 valence electrons. The molecule has 0 heterocycles. The molecule has 0 saturated heterocycles. The van der Waals surface area contributed by atoms with E-state index < -0.39 is 189 Å². The summed E-state index contributed by atoms with van der Waals surface area (Å²) in [7, 11) is 0. The van der Waals surface area contributed by atoms with Gasteiger partial charge in [-0.3, -0.25) is 0 Å². The highest BCUT2D eigenvalue weighted by molar-refractivity contribution is 6.25. The van der Waals surface area contributed by atoms with E-state index >= 15 is 0 Å². The largest absolute Gasteiger partial charge is 0.0636 e. The lowest BCUT2D eigenvalue weighted by Gasteiger charge is -2.35. The molecule has 9 aromatic carbocycles. The molecule has 0 unspecified atom stereocenters. The third kappa shape index (κ3) is 3.43. The van der Waals surface area contributed by atoms with Crippen molar-refractivity contribution in [3.8, 4) is 33.4 Å². The van der Waals surface area contributed by atoms with Gasteiger partial charge in [-0.1, -0.05) is 141 Å². The second-order valence-corrected chi connectivity index (χ2v) is 11.4. The average molecular weight is 595 g/mol. The number of hydrogen-bond acceptors (Lipinski definition) is 0. The van der Waals surface area contributed by atoms with Gasteiger partial charge in [0.1, 0.15) is 0 Å². The lowest BCUT2D eigenvalue weighted by atomic mass is 9.68. The predicted molar refractivity (Wildman–Crippen MR) is 194 cm³/mol. The standard InChI is InChI=1S/C45H30/c1-45(2)40-23-20-34(26-39(40)37-10-4-8-27-9-5-11-41(45)43(27)37)32-14-15-33-25-35(17-16-31(33)24-32)36-21-18-30-13-12-28-6-3-7-29-19-22-38(36)44(30)42(28)29/h3-26H,1-2H3/i3D,4D,5D,6D,7D,8D,9D,10D,11D,12D,13D,14D,15D,16D,17D,18D,19D,20D,21D,22D,23D,24D,25D,26D. The first-order valence-electron chi connectivity index (χ1n) is 26.0. The van der Waals surface area contributed by atoms with Gasteiger partial charge in [0.05, 0.1) is 32.9 Å². The van der Waals surface area contributed by atoms with Crippen molar-refractivity contribution in [3.05, 3.63) is 156 Å². The van der Waals surface area contributed by atoms with E-state index in [1.54, 1.807) is 0 Å². The second-order valence-electron chi connectivity index (χ2n) is 11.4. The molecule has 0 aromatic heterocycles. The quantitative estimate of drug-likeness (QED) is 0.175. The zero-order valence-electron chi connectivity index (χ0n) is 47.5. The minimum absolute atomic E-state index is 0.0187. The van der Waals surface area contributed by atoms with Crippen molar-refractivity contribution in [3.63, 3.8) is 0 Å². The third-order valence-electron chi connectivity index (χ3n) is 8.50. The number of hydrogen-bond donors (Lipinski definition) is 0. The van der Waals surface area contributed by atoms with Gasteiger partial charge in [0.25, 0.3) is 0 Å². The zero-order chi connectivity index (χ0) is 50.7. The van der Waals surface area contributed by atoms with Crippen LogP contribution in [0.4, 0.5) is 0 Å². The molecule has 0 spiro atoms. The fraction of sp³-hybridized carbons (Fsp3) is 0.0667. The molecule has 9 aromatic rings. The van der Waals surface area contributed by atoms with Crippen molar-refractivity contribution in [1.82, 2.24) is 0 Å². The summed E-state index contributed by atoms with van der Waals surface area (Å²) < 4.78 is 218. The fourth-order valence-corrected chi connectivity index (χ4v) is 6.31. The molecule has 0 saturated carbocycles. The van der Waals surface area contributed by atoms with E-state index in [2.05, 4.69) is 0 Å². The molecule has 0 heteroatoms. The van der Waals surface area contributed by atoms with E-state index in [4.69, 9.17) is 17.8 Å². The third-order valence-corrected chi connectivity index (χ3v) is 8.50. The topological polar surface area (TPSA) is 0 Å². The van der Waals surface area contributed by atoms with E-state index in [1.165, 1.54) is 13.8 Å². The molecule has 1 aliphatic rings. The van der Waals surface area contributed by atoms with Crippen LogP contribution in [0.1, 0.15) is 57.9 Å². The van der Waals surface area contributed by atoms with Gasteiger partial charge >= 0.3 is 0 Å². The van der Waals surface area contributed by atoms with Gasteiger partial charge < -0.3 is 0 Å². The van der Waals surface area contributed by atoms with E-state index in [0.29, 0.717) is 0 Å². The predicted octanol–water partition coefficient (Wildman–Crippen LogP) is 12.5. The van der Waals surface area contributed by atoms with Gasteiger partial charge in [-0.2, -0.15) is 0 Å². The second kappa shape index (κ2) is 8.80. The van der Waals surface area contributed by atoms with Crippen LogP contribution < -0.4 is 0 Å². The van der Waals surface area contributed by atoms with Crippen molar-refractivity contribution in [2.24, 2.45) is 0 Å². The smallest absolute Gasteiger partial charge is 0.0613 e. The van der Waals surface area contributed by atoms with Gasteiger partial charge in [-0.25, -0.2) is 0 Å². The van der Waals surface area contributed by atoms with Gasteiger partial charge in [0.15, 0.2) is 0 Å². The SMILES string of the molecule is [2H]c1c([2H])c2c(c([2H])c1-c1c([2H])c([2H])c3c([2H])c(-c4c([2H])c([2H])c5c([2H])c([2H])c6c([2H])c([2H])c([2H])c7c([2H])c([2H])c4c5c67)c([2H])c([2H])c3c1[2H])-c1c([2H])c([2H])c([2H])c3c([2H])c([2H])c([2H])c(c13)C2(C)C. The summed E-state index contributed by atoms with van der Waals surface area (Å²) in [4.78, 5) is 0. The first-order valence-corrected chi connectivity index (χ1v) is 14.0. The molecule has 0 radical (unpaired) electrons. The molecule has 0 bridgehead atoms. The van der Waals surface area contributed by atoms with Crippen LogP contribution in [0.3, 0.4) is 0 Å². The summed E-state index contributed by atoms with van der Waals surface area (Å²) in [6.45, 7) is 3.07. The average Bonchev–Trinajstić information content (AvgIpc) is 3.29.